The van der Waals surface area contributed by atoms with Crippen molar-refractivity contribution in [1.82, 2.24) is 4.98 Å². The largest absolute Gasteiger partial charge is 0.324 e. The second-order valence-corrected chi connectivity index (χ2v) is 5.30. The molecule has 1 aromatic carbocycles. The molecule has 0 atom stereocenters. The number of benzene rings is 1. The van der Waals surface area contributed by atoms with Crippen LogP contribution < -0.4 is 5.32 Å². The van der Waals surface area contributed by atoms with Gasteiger partial charge in [0.25, 0.3) is 0 Å². The predicted molar refractivity (Wildman–Crippen MR) is 80.3 cm³/mol. The van der Waals surface area contributed by atoms with Crippen LogP contribution in [0, 0.1) is 5.92 Å². The van der Waals surface area contributed by atoms with Crippen molar-refractivity contribution >= 4 is 11.6 Å². The van der Waals surface area contributed by atoms with Gasteiger partial charge in [-0.15, -0.1) is 0 Å². The second kappa shape index (κ2) is 5.87. The summed E-state index contributed by atoms with van der Waals surface area (Å²) in [6, 6.07) is 12.1. The number of hydrogen-bond donors (Lipinski definition) is 1. The van der Waals surface area contributed by atoms with Gasteiger partial charge < -0.3 is 5.32 Å². The minimum Gasteiger partial charge on any atom is -0.324 e. The topological polar surface area (TPSA) is 42.0 Å². The highest BCUT2D eigenvalue weighted by Crippen LogP contribution is 2.27. The van der Waals surface area contributed by atoms with E-state index in [1.54, 1.807) is 6.20 Å². The SMILES string of the molecule is O=C(Nc1cncc(-c2ccccc2)c1)C1CCCC1. The first-order valence-corrected chi connectivity index (χ1v) is 7.14. The zero-order valence-electron chi connectivity index (χ0n) is 11.4. The summed E-state index contributed by atoms with van der Waals surface area (Å²) in [7, 11) is 0. The Hall–Kier alpha value is -2.16. The fraction of sp³-hybridized carbons (Fsp3) is 0.294. The summed E-state index contributed by atoms with van der Waals surface area (Å²) in [6.45, 7) is 0. The van der Waals surface area contributed by atoms with Gasteiger partial charge in [0.15, 0.2) is 0 Å². The van der Waals surface area contributed by atoms with E-state index < -0.39 is 0 Å². The molecule has 1 aliphatic rings. The molecule has 102 valence electrons. The zero-order valence-corrected chi connectivity index (χ0v) is 11.4. The van der Waals surface area contributed by atoms with Gasteiger partial charge in [0, 0.05) is 17.7 Å². The van der Waals surface area contributed by atoms with Gasteiger partial charge in [0.1, 0.15) is 0 Å². The van der Waals surface area contributed by atoms with Gasteiger partial charge in [-0.1, -0.05) is 43.2 Å². The van der Waals surface area contributed by atoms with Crippen molar-refractivity contribution < 1.29 is 4.79 Å². The third-order valence-electron chi connectivity index (χ3n) is 3.84. The normalized spacial score (nSPS) is 15.2. The molecule has 2 aromatic rings. The summed E-state index contributed by atoms with van der Waals surface area (Å²) >= 11 is 0. The predicted octanol–water partition coefficient (Wildman–Crippen LogP) is 3.88. The fourth-order valence-corrected chi connectivity index (χ4v) is 2.73. The summed E-state index contributed by atoms with van der Waals surface area (Å²) < 4.78 is 0. The van der Waals surface area contributed by atoms with Crippen molar-refractivity contribution in [2.75, 3.05) is 5.32 Å². The number of carbonyl (C=O) groups excluding carboxylic acids is 1. The van der Waals surface area contributed by atoms with Crippen LogP contribution in [0.1, 0.15) is 25.7 Å². The maximum Gasteiger partial charge on any atom is 0.227 e. The van der Waals surface area contributed by atoms with Crippen LogP contribution in [0.3, 0.4) is 0 Å². The van der Waals surface area contributed by atoms with Gasteiger partial charge in [0.05, 0.1) is 11.9 Å². The van der Waals surface area contributed by atoms with Gasteiger partial charge in [-0.25, -0.2) is 0 Å². The molecule has 0 saturated heterocycles. The molecule has 3 rings (SSSR count). The molecule has 0 spiro atoms. The van der Waals surface area contributed by atoms with E-state index >= 15 is 0 Å². The zero-order chi connectivity index (χ0) is 13.8. The Labute approximate surface area is 119 Å². The molecule has 1 fully saturated rings. The highest BCUT2D eigenvalue weighted by molar-refractivity contribution is 5.93. The Bertz CT molecular complexity index is 589. The minimum atomic E-state index is 0.134. The van der Waals surface area contributed by atoms with Crippen LogP contribution in [0.2, 0.25) is 0 Å². The molecule has 3 nitrogen and oxygen atoms in total. The first-order valence-electron chi connectivity index (χ1n) is 7.14. The monoisotopic (exact) mass is 266 g/mol. The van der Waals surface area contributed by atoms with Crippen LogP contribution in [-0.4, -0.2) is 10.9 Å². The molecule has 1 amide bonds. The van der Waals surface area contributed by atoms with Crippen LogP contribution in [0.4, 0.5) is 5.69 Å². The first-order chi connectivity index (χ1) is 9.83. The van der Waals surface area contributed by atoms with Crippen LogP contribution >= 0.6 is 0 Å². The molecule has 1 heterocycles. The third kappa shape index (κ3) is 2.87. The number of carbonyl (C=O) groups is 1. The molecule has 1 N–H and O–H groups in total. The van der Waals surface area contributed by atoms with Crippen molar-refractivity contribution in [3.05, 3.63) is 48.8 Å². The van der Waals surface area contributed by atoms with E-state index in [1.165, 1.54) is 12.8 Å². The molecular weight excluding hydrogens is 248 g/mol. The Morgan fingerprint density at radius 2 is 1.80 bits per heavy atom. The Morgan fingerprint density at radius 3 is 2.55 bits per heavy atom. The number of anilines is 1. The number of nitrogens with one attached hydrogen (secondary N) is 1. The molecule has 0 bridgehead atoms. The van der Waals surface area contributed by atoms with Crippen molar-refractivity contribution in [3.63, 3.8) is 0 Å². The second-order valence-electron chi connectivity index (χ2n) is 5.30. The van der Waals surface area contributed by atoms with Crippen LogP contribution in [0.25, 0.3) is 11.1 Å². The highest BCUT2D eigenvalue weighted by atomic mass is 16.1. The van der Waals surface area contributed by atoms with Gasteiger partial charge in [-0.2, -0.15) is 0 Å². The Balaban J connectivity index is 1.76. The van der Waals surface area contributed by atoms with Gasteiger partial charge in [-0.05, 0) is 24.5 Å². The Kier molecular flexibility index (Phi) is 3.77. The quantitative estimate of drug-likeness (QED) is 0.916. The maximum absolute atomic E-state index is 12.1. The smallest absolute Gasteiger partial charge is 0.227 e. The lowest BCUT2D eigenvalue weighted by molar-refractivity contribution is -0.119. The Morgan fingerprint density at radius 1 is 1.05 bits per heavy atom. The number of pyridine rings is 1. The van der Waals surface area contributed by atoms with Crippen molar-refractivity contribution in [2.24, 2.45) is 5.92 Å². The molecule has 1 saturated carbocycles. The van der Waals surface area contributed by atoms with Crippen LogP contribution in [0.5, 0.6) is 0 Å². The average Bonchev–Trinajstić information content (AvgIpc) is 3.03. The number of aromatic nitrogens is 1. The molecular formula is C17H18N2O. The van der Waals surface area contributed by atoms with Crippen LogP contribution in [-0.2, 0) is 4.79 Å². The lowest BCUT2D eigenvalue weighted by Gasteiger charge is -2.11. The van der Waals surface area contributed by atoms with Crippen LogP contribution in [0.15, 0.2) is 48.8 Å². The molecule has 0 unspecified atom stereocenters. The standard InChI is InChI=1S/C17H18N2O/c20-17(14-8-4-5-9-14)19-16-10-15(11-18-12-16)13-6-2-1-3-7-13/h1-3,6-7,10-12,14H,4-5,8-9H2,(H,19,20). The molecule has 0 aliphatic heterocycles. The van der Waals surface area contributed by atoms with Crippen molar-refractivity contribution in [2.45, 2.75) is 25.7 Å². The molecule has 0 radical (unpaired) electrons. The van der Waals surface area contributed by atoms with Gasteiger partial charge >= 0.3 is 0 Å². The van der Waals surface area contributed by atoms with Gasteiger partial charge in [0.2, 0.25) is 5.91 Å². The summed E-state index contributed by atoms with van der Waals surface area (Å²) in [5.74, 6) is 0.310. The number of rotatable bonds is 3. The van der Waals surface area contributed by atoms with E-state index in [1.807, 2.05) is 42.6 Å². The van der Waals surface area contributed by atoms with Crippen molar-refractivity contribution in [3.8, 4) is 11.1 Å². The highest BCUT2D eigenvalue weighted by Gasteiger charge is 2.22. The first kappa shape index (κ1) is 12.9. The van der Waals surface area contributed by atoms with E-state index in [0.717, 1.165) is 29.7 Å². The molecule has 3 heteroatoms. The van der Waals surface area contributed by atoms with E-state index in [9.17, 15) is 4.79 Å². The lowest BCUT2D eigenvalue weighted by Crippen LogP contribution is -2.20. The van der Waals surface area contributed by atoms with Gasteiger partial charge in [-0.3, -0.25) is 9.78 Å². The maximum atomic E-state index is 12.1. The number of nitrogens with zero attached hydrogens (tertiary/aromatic N) is 1. The van der Waals surface area contributed by atoms with E-state index in [2.05, 4.69) is 10.3 Å². The summed E-state index contributed by atoms with van der Waals surface area (Å²) in [4.78, 5) is 16.3. The molecule has 1 aromatic heterocycles. The minimum absolute atomic E-state index is 0.134. The fourth-order valence-electron chi connectivity index (χ4n) is 2.73. The van der Waals surface area contributed by atoms with E-state index in [0.29, 0.717) is 0 Å². The number of amides is 1. The number of hydrogen-bond acceptors (Lipinski definition) is 2. The summed E-state index contributed by atoms with van der Waals surface area (Å²) in [5.41, 5.74) is 2.91. The lowest BCUT2D eigenvalue weighted by atomic mass is 10.1. The molecule has 20 heavy (non-hydrogen) atoms. The van der Waals surface area contributed by atoms with E-state index in [-0.39, 0.29) is 11.8 Å². The average molecular weight is 266 g/mol. The summed E-state index contributed by atoms with van der Waals surface area (Å²) in [5, 5.41) is 2.99. The van der Waals surface area contributed by atoms with E-state index in [4.69, 9.17) is 0 Å². The van der Waals surface area contributed by atoms with Crippen molar-refractivity contribution in [1.29, 1.82) is 0 Å². The third-order valence-corrected chi connectivity index (χ3v) is 3.84. The summed E-state index contributed by atoms with van der Waals surface area (Å²) in [6.07, 6.45) is 7.88. The molecule has 1 aliphatic carbocycles.